The van der Waals surface area contributed by atoms with Crippen LogP contribution in [-0.2, 0) is 18.4 Å². The Bertz CT molecular complexity index is 621. The van der Waals surface area contributed by atoms with Gasteiger partial charge in [0.25, 0.3) is 0 Å². The molecule has 0 bridgehead atoms. The van der Waals surface area contributed by atoms with E-state index in [0.717, 1.165) is 69.0 Å². The number of rotatable bonds is 6. The number of halogens is 1. The van der Waals surface area contributed by atoms with Gasteiger partial charge in [-0.1, -0.05) is 11.6 Å². The number of hydrogen-bond donors (Lipinski definition) is 1. The van der Waals surface area contributed by atoms with Crippen LogP contribution in [0.25, 0.3) is 0 Å². The molecule has 26 heavy (non-hydrogen) atoms. The first-order valence-electron chi connectivity index (χ1n) is 9.18. The van der Waals surface area contributed by atoms with Crippen molar-refractivity contribution in [2.75, 3.05) is 52.9 Å². The molecule has 0 atom stereocenters. The van der Waals surface area contributed by atoms with E-state index in [-0.39, 0.29) is 5.91 Å². The molecular weight excluding hydrogens is 352 g/mol. The van der Waals surface area contributed by atoms with Gasteiger partial charge in [-0.25, -0.2) is 0 Å². The Hall–Kier alpha value is -1.73. The highest BCUT2D eigenvalue weighted by atomic mass is 35.5. The number of amides is 1. The Morgan fingerprint density at radius 3 is 2.58 bits per heavy atom. The molecule has 1 fully saturated rings. The number of nitrogens with one attached hydrogen (secondary N) is 1. The molecule has 0 spiro atoms. The van der Waals surface area contributed by atoms with E-state index in [1.807, 2.05) is 35.8 Å². The number of carbonyl (C=O) groups is 1. The lowest BCUT2D eigenvalue weighted by Crippen LogP contribution is -2.48. The van der Waals surface area contributed by atoms with E-state index >= 15 is 0 Å². The van der Waals surface area contributed by atoms with Crippen LogP contribution in [0.1, 0.15) is 19.5 Å². The molecule has 1 aliphatic rings. The fraction of sp³-hybridized carbons (Fsp3) is 0.667. The Labute approximate surface area is 161 Å². The minimum absolute atomic E-state index is 0.166. The number of piperazine rings is 1. The summed E-state index contributed by atoms with van der Waals surface area (Å²) < 4.78 is 2.04. The summed E-state index contributed by atoms with van der Waals surface area (Å²) in [6, 6.07) is 1.98. The summed E-state index contributed by atoms with van der Waals surface area (Å²) >= 11 is 6.07. The Balaban J connectivity index is 1.86. The predicted molar refractivity (Wildman–Crippen MR) is 107 cm³/mol. The summed E-state index contributed by atoms with van der Waals surface area (Å²) in [6.45, 7) is 10.4. The monoisotopic (exact) mass is 382 g/mol. The van der Waals surface area contributed by atoms with Crippen molar-refractivity contribution in [3.05, 3.63) is 23.0 Å². The number of aryl methyl sites for hydroxylation is 1. The van der Waals surface area contributed by atoms with Crippen LogP contribution in [0, 0.1) is 0 Å². The molecule has 0 saturated carbocycles. The zero-order valence-corrected chi connectivity index (χ0v) is 17.1. The van der Waals surface area contributed by atoms with Gasteiger partial charge in [-0.15, -0.1) is 0 Å². The molecule has 1 saturated heterocycles. The molecule has 2 rings (SSSR count). The first-order chi connectivity index (χ1) is 12.4. The van der Waals surface area contributed by atoms with Crippen molar-refractivity contribution in [1.82, 2.24) is 24.6 Å². The quantitative estimate of drug-likeness (QED) is 0.594. The fourth-order valence-electron chi connectivity index (χ4n) is 3.09. The van der Waals surface area contributed by atoms with Gasteiger partial charge in [0.15, 0.2) is 5.96 Å². The van der Waals surface area contributed by atoms with Gasteiger partial charge in [-0.2, -0.15) is 0 Å². The second kappa shape index (κ2) is 9.83. The number of aromatic nitrogens is 1. The average molecular weight is 383 g/mol. The Kier molecular flexibility index (Phi) is 7.78. The maximum atomic E-state index is 11.4. The van der Waals surface area contributed by atoms with E-state index in [9.17, 15) is 4.79 Å². The first-order valence-corrected chi connectivity index (χ1v) is 9.56. The lowest BCUT2D eigenvalue weighted by Gasteiger charge is -2.33. The van der Waals surface area contributed by atoms with Crippen molar-refractivity contribution in [3.63, 3.8) is 0 Å². The molecule has 1 N–H and O–H groups in total. The van der Waals surface area contributed by atoms with Crippen LogP contribution in [0.15, 0.2) is 17.3 Å². The summed E-state index contributed by atoms with van der Waals surface area (Å²) in [4.78, 5) is 22.5. The fourth-order valence-corrected chi connectivity index (χ4v) is 3.37. The lowest BCUT2D eigenvalue weighted by atomic mass is 10.3. The number of nitrogens with zero attached hydrogens (tertiary/aromatic N) is 5. The molecule has 146 valence electrons. The van der Waals surface area contributed by atoms with E-state index < -0.39 is 0 Å². The summed E-state index contributed by atoms with van der Waals surface area (Å²) in [6.07, 6.45) is 1.91. The number of guanidine groups is 1. The van der Waals surface area contributed by atoms with E-state index in [2.05, 4.69) is 22.0 Å². The van der Waals surface area contributed by atoms with E-state index in [1.54, 1.807) is 6.92 Å². The number of aliphatic imine (C=N–C) groups is 1. The highest BCUT2D eigenvalue weighted by Crippen LogP contribution is 2.14. The third-order valence-corrected chi connectivity index (χ3v) is 4.87. The molecule has 1 aromatic heterocycles. The van der Waals surface area contributed by atoms with Crippen molar-refractivity contribution in [3.8, 4) is 0 Å². The third-order valence-electron chi connectivity index (χ3n) is 4.67. The molecule has 8 heteroatoms. The zero-order valence-electron chi connectivity index (χ0n) is 16.3. The maximum Gasteiger partial charge on any atom is 0.219 e. The van der Waals surface area contributed by atoms with Crippen LogP contribution < -0.4 is 5.32 Å². The van der Waals surface area contributed by atoms with Crippen LogP contribution >= 0.6 is 11.6 Å². The normalized spacial score (nSPS) is 16.0. The summed E-state index contributed by atoms with van der Waals surface area (Å²) in [7, 11) is 4.04. The minimum atomic E-state index is 0.166. The van der Waals surface area contributed by atoms with Crippen LogP contribution in [0.4, 0.5) is 0 Å². The van der Waals surface area contributed by atoms with E-state index in [0.29, 0.717) is 0 Å². The summed E-state index contributed by atoms with van der Waals surface area (Å²) in [5.74, 6) is 1.06. The molecular formula is C18H31ClN6O. The van der Waals surface area contributed by atoms with Crippen molar-refractivity contribution in [2.45, 2.75) is 20.4 Å². The third kappa shape index (κ3) is 5.92. The average Bonchev–Trinajstić information content (AvgIpc) is 2.91. The van der Waals surface area contributed by atoms with Crippen molar-refractivity contribution < 1.29 is 4.79 Å². The Morgan fingerprint density at radius 1 is 1.35 bits per heavy atom. The highest BCUT2D eigenvalue weighted by molar-refractivity contribution is 6.30. The largest absolute Gasteiger partial charge is 0.357 e. The van der Waals surface area contributed by atoms with E-state index in [4.69, 9.17) is 16.6 Å². The number of hydrogen-bond acceptors (Lipinski definition) is 3. The van der Waals surface area contributed by atoms with Gasteiger partial charge in [-0.3, -0.25) is 14.7 Å². The van der Waals surface area contributed by atoms with Gasteiger partial charge in [0.1, 0.15) is 0 Å². The maximum absolute atomic E-state index is 11.4. The SMILES string of the molecule is CCNC(=NCCN1CCN(C(C)=O)CC1)N(C)Cc1cc(Cl)cn1C. The van der Waals surface area contributed by atoms with Crippen LogP contribution in [0.2, 0.25) is 5.02 Å². The molecule has 0 unspecified atom stereocenters. The molecule has 0 radical (unpaired) electrons. The molecule has 1 aromatic rings. The van der Waals surface area contributed by atoms with Crippen LogP contribution in [0.3, 0.4) is 0 Å². The smallest absolute Gasteiger partial charge is 0.219 e. The number of carbonyl (C=O) groups excluding carboxylic acids is 1. The standard InChI is InChI=1S/C18H31ClN6O/c1-5-20-18(23(4)14-17-12-16(19)13-22(17)3)21-6-7-24-8-10-25(11-9-24)15(2)26/h12-13H,5-11,14H2,1-4H3,(H,20,21). The highest BCUT2D eigenvalue weighted by Gasteiger charge is 2.18. The summed E-state index contributed by atoms with van der Waals surface area (Å²) in [5.41, 5.74) is 1.14. The Morgan fingerprint density at radius 2 is 2.04 bits per heavy atom. The predicted octanol–water partition coefficient (Wildman–Crippen LogP) is 1.24. The summed E-state index contributed by atoms with van der Waals surface area (Å²) in [5, 5.41) is 4.10. The second-order valence-corrected chi connectivity index (χ2v) is 7.14. The lowest BCUT2D eigenvalue weighted by molar-refractivity contribution is -0.130. The molecule has 0 aromatic carbocycles. The van der Waals surface area contributed by atoms with Crippen molar-refractivity contribution in [2.24, 2.45) is 12.0 Å². The van der Waals surface area contributed by atoms with Gasteiger partial charge in [0.05, 0.1) is 18.1 Å². The van der Waals surface area contributed by atoms with Crippen molar-refractivity contribution >= 4 is 23.5 Å². The molecule has 7 nitrogen and oxygen atoms in total. The van der Waals surface area contributed by atoms with Gasteiger partial charge >= 0.3 is 0 Å². The van der Waals surface area contributed by atoms with Gasteiger partial charge in [0, 0.05) is 72.2 Å². The molecule has 1 amide bonds. The zero-order chi connectivity index (χ0) is 19.1. The van der Waals surface area contributed by atoms with Crippen LogP contribution in [-0.4, -0.2) is 84.0 Å². The molecule has 2 heterocycles. The van der Waals surface area contributed by atoms with Gasteiger partial charge < -0.3 is 19.7 Å². The molecule has 1 aliphatic heterocycles. The first kappa shape index (κ1) is 20.6. The topological polar surface area (TPSA) is 56.1 Å². The van der Waals surface area contributed by atoms with Gasteiger partial charge in [-0.05, 0) is 13.0 Å². The van der Waals surface area contributed by atoms with Gasteiger partial charge in [0.2, 0.25) is 5.91 Å². The van der Waals surface area contributed by atoms with Crippen molar-refractivity contribution in [1.29, 1.82) is 0 Å². The minimum Gasteiger partial charge on any atom is -0.357 e. The van der Waals surface area contributed by atoms with Crippen LogP contribution in [0.5, 0.6) is 0 Å². The van der Waals surface area contributed by atoms with E-state index in [1.165, 1.54) is 0 Å². The second-order valence-electron chi connectivity index (χ2n) is 6.70. The molecule has 0 aliphatic carbocycles.